The zero-order chi connectivity index (χ0) is 14.0. The number of carbonyl (C=O) groups excluding carboxylic acids is 1. The number of nitrogens with two attached hydrogens (primary N) is 1. The highest BCUT2D eigenvalue weighted by Gasteiger charge is 2.16. The molecule has 3 N–H and O–H groups in total. The van der Waals surface area contributed by atoms with Crippen molar-refractivity contribution in [2.45, 2.75) is 11.8 Å². The number of aryl methyl sites for hydroxylation is 1. The number of hydrogen-bond donors (Lipinski definition) is 2. The Morgan fingerprint density at radius 3 is 2.63 bits per heavy atom. The van der Waals surface area contributed by atoms with Gasteiger partial charge in [0, 0.05) is 5.38 Å². The smallest absolute Gasteiger partial charge is 0.275 e. The number of sulfonamides is 1. The highest BCUT2D eigenvalue weighted by atomic mass is 32.2. The largest absolute Gasteiger partial charge is 0.319 e. The molecule has 0 radical (unpaired) electrons. The van der Waals surface area contributed by atoms with E-state index in [1.807, 2.05) is 0 Å². The molecule has 0 fully saturated rings. The fourth-order valence-electron chi connectivity index (χ4n) is 1.47. The van der Waals surface area contributed by atoms with E-state index in [9.17, 15) is 13.2 Å². The van der Waals surface area contributed by atoms with Crippen molar-refractivity contribution in [3.63, 3.8) is 0 Å². The standard InChI is InChI=1S/C11H11N3O3S2/c1-7-13-9(6-18-7)11(15)14-8-4-2-3-5-10(8)19(12,16)17/h2-6H,1H3,(H,14,15)(H2,12,16,17). The topological polar surface area (TPSA) is 102 Å². The summed E-state index contributed by atoms with van der Waals surface area (Å²) in [7, 11) is -3.89. The molecule has 0 bridgehead atoms. The van der Waals surface area contributed by atoms with E-state index in [1.165, 1.54) is 29.5 Å². The second-order valence-corrected chi connectivity index (χ2v) is 6.34. The predicted octanol–water partition coefficient (Wildman–Crippen LogP) is 1.35. The van der Waals surface area contributed by atoms with Crippen molar-refractivity contribution in [2.75, 3.05) is 5.32 Å². The molecule has 100 valence electrons. The number of benzene rings is 1. The molecule has 2 aromatic rings. The SMILES string of the molecule is Cc1nc(C(=O)Nc2ccccc2S(N)(=O)=O)cs1. The number of para-hydroxylation sites is 1. The molecule has 1 heterocycles. The number of carbonyl (C=O) groups is 1. The van der Waals surface area contributed by atoms with Gasteiger partial charge in [-0.15, -0.1) is 11.3 Å². The molecule has 0 aliphatic rings. The van der Waals surface area contributed by atoms with Crippen LogP contribution in [0.2, 0.25) is 0 Å². The van der Waals surface area contributed by atoms with Crippen LogP contribution >= 0.6 is 11.3 Å². The summed E-state index contributed by atoms with van der Waals surface area (Å²) in [5.74, 6) is -0.472. The molecule has 0 aliphatic heterocycles. The molecule has 19 heavy (non-hydrogen) atoms. The van der Waals surface area contributed by atoms with Crippen molar-refractivity contribution in [2.24, 2.45) is 5.14 Å². The molecule has 0 atom stereocenters. The lowest BCUT2D eigenvalue weighted by molar-refractivity contribution is 0.102. The minimum absolute atomic E-state index is 0.129. The van der Waals surface area contributed by atoms with Gasteiger partial charge in [-0.2, -0.15) is 0 Å². The number of amides is 1. The molecular weight excluding hydrogens is 286 g/mol. The van der Waals surface area contributed by atoms with Gasteiger partial charge in [0.05, 0.1) is 10.7 Å². The van der Waals surface area contributed by atoms with E-state index >= 15 is 0 Å². The molecule has 0 saturated heterocycles. The fraction of sp³-hybridized carbons (Fsp3) is 0.0909. The van der Waals surface area contributed by atoms with E-state index in [0.717, 1.165) is 5.01 Å². The van der Waals surface area contributed by atoms with Crippen molar-refractivity contribution < 1.29 is 13.2 Å². The molecule has 1 aromatic heterocycles. The zero-order valence-electron chi connectivity index (χ0n) is 9.95. The van der Waals surface area contributed by atoms with Crippen molar-refractivity contribution in [1.29, 1.82) is 0 Å². The number of thiazole rings is 1. The van der Waals surface area contributed by atoms with E-state index in [2.05, 4.69) is 10.3 Å². The summed E-state index contributed by atoms with van der Waals surface area (Å²) in [6.07, 6.45) is 0. The van der Waals surface area contributed by atoms with Crippen LogP contribution in [0.15, 0.2) is 34.5 Å². The van der Waals surface area contributed by atoms with Gasteiger partial charge in [0.25, 0.3) is 5.91 Å². The molecule has 1 amide bonds. The molecule has 6 nitrogen and oxygen atoms in total. The van der Waals surface area contributed by atoms with Crippen molar-refractivity contribution >= 4 is 33.0 Å². The minimum atomic E-state index is -3.89. The molecule has 0 aliphatic carbocycles. The van der Waals surface area contributed by atoms with Crippen molar-refractivity contribution in [3.8, 4) is 0 Å². The molecule has 8 heteroatoms. The molecule has 1 aromatic carbocycles. The van der Waals surface area contributed by atoms with Crippen LogP contribution in [0.4, 0.5) is 5.69 Å². The van der Waals surface area contributed by atoms with Crippen LogP contribution in [-0.2, 0) is 10.0 Å². The first-order chi connectivity index (χ1) is 8.88. The monoisotopic (exact) mass is 297 g/mol. The Kier molecular flexibility index (Phi) is 3.65. The third-order valence-corrected chi connectivity index (χ3v) is 4.04. The average Bonchev–Trinajstić information content (AvgIpc) is 2.75. The minimum Gasteiger partial charge on any atom is -0.319 e. The quantitative estimate of drug-likeness (QED) is 0.892. The maximum atomic E-state index is 11.9. The number of aromatic nitrogens is 1. The summed E-state index contributed by atoms with van der Waals surface area (Å²) in [6.45, 7) is 1.78. The molecule has 0 spiro atoms. The van der Waals surface area contributed by atoms with Crippen molar-refractivity contribution in [1.82, 2.24) is 4.98 Å². The Labute approximate surface area is 114 Å². The lowest BCUT2D eigenvalue weighted by atomic mass is 10.3. The first-order valence-corrected chi connectivity index (χ1v) is 7.66. The van der Waals surface area contributed by atoms with Gasteiger partial charge in [-0.05, 0) is 19.1 Å². The van der Waals surface area contributed by atoms with Crippen LogP contribution in [-0.4, -0.2) is 19.3 Å². The van der Waals surface area contributed by atoms with E-state index < -0.39 is 15.9 Å². The predicted molar refractivity (Wildman–Crippen MR) is 72.6 cm³/mol. The van der Waals surface area contributed by atoms with Crippen LogP contribution in [0.25, 0.3) is 0 Å². The highest BCUT2D eigenvalue weighted by Crippen LogP contribution is 2.20. The summed E-state index contributed by atoms with van der Waals surface area (Å²) < 4.78 is 22.8. The maximum Gasteiger partial charge on any atom is 0.275 e. The second-order valence-electron chi connectivity index (χ2n) is 3.75. The Hall–Kier alpha value is -1.77. The van der Waals surface area contributed by atoms with Crippen LogP contribution < -0.4 is 10.5 Å². The van der Waals surface area contributed by atoms with Crippen LogP contribution in [0, 0.1) is 6.92 Å². The first kappa shape index (κ1) is 13.7. The van der Waals surface area contributed by atoms with Gasteiger partial charge in [0.2, 0.25) is 10.0 Å². The van der Waals surface area contributed by atoms with Gasteiger partial charge >= 0.3 is 0 Å². The Balaban J connectivity index is 2.32. The number of anilines is 1. The first-order valence-electron chi connectivity index (χ1n) is 5.23. The third kappa shape index (κ3) is 3.16. The fourth-order valence-corrected chi connectivity index (χ4v) is 2.76. The maximum absolute atomic E-state index is 11.9. The van der Waals surface area contributed by atoms with E-state index in [4.69, 9.17) is 5.14 Å². The number of nitrogens with one attached hydrogen (secondary N) is 1. The van der Waals surface area contributed by atoms with Gasteiger partial charge in [0.15, 0.2) is 0 Å². The van der Waals surface area contributed by atoms with E-state index in [-0.39, 0.29) is 16.3 Å². The summed E-state index contributed by atoms with van der Waals surface area (Å²) in [5.41, 5.74) is 0.382. The lowest BCUT2D eigenvalue weighted by Crippen LogP contribution is -2.18. The van der Waals surface area contributed by atoms with Gasteiger partial charge < -0.3 is 5.32 Å². The van der Waals surface area contributed by atoms with E-state index in [0.29, 0.717) is 0 Å². The molecular formula is C11H11N3O3S2. The third-order valence-electron chi connectivity index (χ3n) is 2.29. The molecule has 2 rings (SSSR count). The Bertz CT molecular complexity index is 722. The van der Waals surface area contributed by atoms with Crippen LogP contribution in [0.5, 0.6) is 0 Å². The Morgan fingerprint density at radius 2 is 2.05 bits per heavy atom. The number of nitrogens with zero attached hydrogens (tertiary/aromatic N) is 1. The molecule has 0 saturated carbocycles. The number of rotatable bonds is 3. The summed E-state index contributed by atoms with van der Waals surface area (Å²) in [4.78, 5) is 15.8. The average molecular weight is 297 g/mol. The van der Waals surface area contributed by atoms with Crippen LogP contribution in [0.1, 0.15) is 15.5 Å². The normalized spacial score (nSPS) is 11.3. The number of hydrogen-bond acceptors (Lipinski definition) is 5. The van der Waals surface area contributed by atoms with E-state index in [1.54, 1.807) is 18.4 Å². The lowest BCUT2D eigenvalue weighted by Gasteiger charge is -2.08. The summed E-state index contributed by atoms with van der Waals surface area (Å²) >= 11 is 1.34. The number of primary sulfonamides is 1. The zero-order valence-corrected chi connectivity index (χ0v) is 11.6. The van der Waals surface area contributed by atoms with Gasteiger partial charge in [-0.1, -0.05) is 12.1 Å². The summed E-state index contributed by atoms with van der Waals surface area (Å²) in [5, 5.41) is 9.93. The van der Waals surface area contributed by atoms with Gasteiger partial charge in [-0.25, -0.2) is 18.5 Å². The van der Waals surface area contributed by atoms with Crippen LogP contribution in [0.3, 0.4) is 0 Å². The van der Waals surface area contributed by atoms with Gasteiger partial charge in [-0.3, -0.25) is 4.79 Å². The Morgan fingerprint density at radius 1 is 1.37 bits per heavy atom. The summed E-state index contributed by atoms with van der Waals surface area (Å²) in [6, 6.07) is 5.94. The van der Waals surface area contributed by atoms with Crippen molar-refractivity contribution in [3.05, 3.63) is 40.3 Å². The molecule has 0 unspecified atom stereocenters. The second kappa shape index (κ2) is 5.08. The highest BCUT2D eigenvalue weighted by molar-refractivity contribution is 7.89. The van der Waals surface area contributed by atoms with Gasteiger partial charge in [0.1, 0.15) is 10.6 Å².